The summed E-state index contributed by atoms with van der Waals surface area (Å²) in [6.07, 6.45) is 3.70. The molecule has 0 aromatic heterocycles. The molecule has 1 amide bonds. The summed E-state index contributed by atoms with van der Waals surface area (Å²) in [6, 6.07) is 16.2. The molecule has 0 radical (unpaired) electrons. The van der Waals surface area contributed by atoms with Crippen LogP contribution in [0.15, 0.2) is 48.5 Å². The van der Waals surface area contributed by atoms with E-state index in [9.17, 15) is 14.7 Å². The van der Waals surface area contributed by atoms with Crippen molar-refractivity contribution in [3.05, 3.63) is 59.7 Å². The second-order valence-corrected chi connectivity index (χ2v) is 9.46. The van der Waals surface area contributed by atoms with E-state index in [2.05, 4.69) is 31.2 Å². The zero-order chi connectivity index (χ0) is 21.8. The number of hydrogen-bond donors (Lipinski definition) is 1. The van der Waals surface area contributed by atoms with Gasteiger partial charge in [0.25, 0.3) is 0 Å². The first kappa shape index (κ1) is 21.8. The smallest absolute Gasteiger partial charge is 0.410 e. The van der Waals surface area contributed by atoms with E-state index in [-0.39, 0.29) is 36.5 Å². The Morgan fingerprint density at radius 2 is 1.71 bits per heavy atom. The minimum atomic E-state index is -0.878. The monoisotopic (exact) mass is 439 g/mol. The number of rotatable bonds is 8. The molecule has 0 spiro atoms. The summed E-state index contributed by atoms with van der Waals surface area (Å²) in [5.41, 5.74) is 4.73. The molecule has 1 fully saturated rings. The Labute approximate surface area is 187 Å². The number of carbonyl (C=O) groups is 2. The van der Waals surface area contributed by atoms with E-state index in [1.807, 2.05) is 24.3 Å². The summed E-state index contributed by atoms with van der Waals surface area (Å²) in [5.74, 6) is -0.230. The van der Waals surface area contributed by atoms with Gasteiger partial charge in [-0.15, -0.1) is 11.8 Å². The average molecular weight is 440 g/mol. The molecular formula is C25H29NO4S. The van der Waals surface area contributed by atoms with Gasteiger partial charge < -0.3 is 9.84 Å². The van der Waals surface area contributed by atoms with Crippen molar-refractivity contribution in [3.8, 4) is 11.1 Å². The molecule has 2 unspecified atom stereocenters. The summed E-state index contributed by atoms with van der Waals surface area (Å²) in [6.45, 7) is 2.41. The van der Waals surface area contributed by atoms with Crippen molar-refractivity contribution in [1.29, 1.82) is 0 Å². The molecule has 31 heavy (non-hydrogen) atoms. The first-order valence-electron chi connectivity index (χ1n) is 11.1. The average Bonchev–Trinajstić information content (AvgIpc) is 3.31. The predicted molar refractivity (Wildman–Crippen MR) is 123 cm³/mol. The fourth-order valence-electron chi connectivity index (χ4n) is 4.70. The second kappa shape index (κ2) is 9.77. The van der Waals surface area contributed by atoms with Gasteiger partial charge in [-0.2, -0.15) is 0 Å². The van der Waals surface area contributed by atoms with Gasteiger partial charge in [0.2, 0.25) is 0 Å². The van der Waals surface area contributed by atoms with Crippen LogP contribution in [0.5, 0.6) is 0 Å². The van der Waals surface area contributed by atoms with Gasteiger partial charge >= 0.3 is 12.1 Å². The van der Waals surface area contributed by atoms with Crippen molar-refractivity contribution in [2.24, 2.45) is 0 Å². The Morgan fingerprint density at radius 3 is 2.32 bits per heavy atom. The van der Waals surface area contributed by atoms with Crippen molar-refractivity contribution >= 4 is 23.8 Å². The van der Waals surface area contributed by atoms with Crippen molar-refractivity contribution < 1.29 is 19.4 Å². The van der Waals surface area contributed by atoms with Gasteiger partial charge in [-0.05, 0) is 28.7 Å². The van der Waals surface area contributed by atoms with E-state index < -0.39 is 5.97 Å². The lowest BCUT2D eigenvalue weighted by atomic mass is 9.98. The van der Waals surface area contributed by atoms with E-state index >= 15 is 0 Å². The van der Waals surface area contributed by atoms with Crippen molar-refractivity contribution in [2.45, 2.75) is 56.4 Å². The molecule has 2 aromatic rings. The number of carboxylic acids is 1. The van der Waals surface area contributed by atoms with Crippen LogP contribution in [-0.2, 0) is 9.53 Å². The Bertz CT molecular complexity index is 901. The fourth-order valence-corrected chi connectivity index (χ4v) is 6.18. The van der Waals surface area contributed by atoms with Crippen LogP contribution in [0, 0.1) is 0 Å². The van der Waals surface area contributed by atoms with E-state index in [0.29, 0.717) is 5.75 Å². The van der Waals surface area contributed by atoms with Crippen LogP contribution in [0.4, 0.5) is 4.79 Å². The zero-order valence-corrected chi connectivity index (χ0v) is 18.6. The maximum absolute atomic E-state index is 13.2. The number of thioether (sulfide) groups is 1. The molecule has 1 saturated heterocycles. The molecule has 0 bridgehead atoms. The van der Waals surface area contributed by atoms with Gasteiger partial charge in [-0.3, -0.25) is 9.69 Å². The van der Waals surface area contributed by atoms with Crippen LogP contribution in [0.25, 0.3) is 11.1 Å². The minimum absolute atomic E-state index is 0.00284. The zero-order valence-electron chi connectivity index (χ0n) is 17.8. The lowest BCUT2D eigenvalue weighted by Crippen LogP contribution is -2.43. The summed E-state index contributed by atoms with van der Waals surface area (Å²) in [7, 11) is 0. The molecular weight excluding hydrogens is 410 g/mol. The molecule has 1 N–H and O–H groups in total. The summed E-state index contributed by atoms with van der Waals surface area (Å²) in [5, 5.41) is 9.30. The molecule has 2 aromatic carbocycles. The summed E-state index contributed by atoms with van der Waals surface area (Å²) in [4.78, 5) is 26.2. The van der Waals surface area contributed by atoms with Crippen LogP contribution < -0.4 is 0 Å². The number of carbonyl (C=O) groups excluding carboxylic acids is 1. The van der Waals surface area contributed by atoms with Gasteiger partial charge in [0, 0.05) is 11.7 Å². The highest BCUT2D eigenvalue weighted by Gasteiger charge is 2.40. The Hall–Kier alpha value is -2.47. The fraction of sp³-hybridized carbons (Fsp3) is 0.440. The van der Waals surface area contributed by atoms with Gasteiger partial charge in [-0.1, -0.05) is 74.7 Å². The SMILES string of the molecule is CCCCCC1SCC(CC(=O)O)N1C(=O)OCC1c2ccccc2-c2ccccc21. The number of unbranched alkanes of at least 4 members (excludes halogenated alkanes) is 2. The summed E-state index contributed by atoms with van der Waals surface area (Å²) < 4.78 is 5.85. The van der Waals surface area contributed by atoms with Gasteiger partial charge in [0.15, 0.2) is 0 Å². The topological polar surface area (TPSA) is 66.8 Å². The van der Waals surface area contributed by atoms with Gasteiger partial charge in [-0.25, -0.2) is 4.79 Å². The lowest BCUT2D eigenvalue weighted by molar-refractivity contribution is -0.138. The predicted octanol–water partition coefficient (Wildman–Crippen LogP) is 5.73. The number of benzene rings is 2. The van der Waals surface area contributed by atoms with E-state index in [1.54, 1.807) is 16.7 Å². The highest BCUT2D eigenvalue weighted by atomic mass is 32.2. The number of carboxylic acid groups (broad SMARTS) is 1. The molecule has 1 aliphatic heterocycles. The van der Waals surface area contributed by atoms with Crippen molar-refractivity contribution in [3.63, 3.8) is 0 Å². The van der Waals surface area contributed by atoms with Crippen LogP contribution in [-0.4, -0.2) is 45.8 Å². The van der Waals surface area contributed by atoms with Crippen LogP contribution in [0.1, 0.15) is 56.1 Å². The first-order valence-corrected chi connectivity index (χ1v) is 12.1. The number of amides is 1. The third-order valence-corrected chi connectivity index (χ3v) is 7.62. The van der Waals surface area contributed by atoms with Crippen molar-refractivity contribution in [2.75, 3.05) is 12.4 Å². The molecule has 2 aliphatic rings. The number of nitrogens with zero attached hydrogens (tertiary/aromatic N) is 1. The quantitative estimate of drug-likeness (QED) is 0.532. The molecule has 164 valence electrons. The largest absolute Gasteiger partial charge is 0.481 e. The number of ether oxygens (including phenoxy) is 1. The molecule has 6 heteroatoms. The minimum Gasteiger partial charge on any atom is -0.481 e. The van der Waals surface area contributed by atoms with Gasteiger partial charge in [0.1, 0.15) is 6.61 Å². The van der Waals surface area contributed by atoms with E-state index in [1.165, 1.54) is 22.3 Å². The third kappa shape index (κ3) is 4.59. The van der Waals surface area contributed by atoms with Gasteiger partial charge in [0.05, 0.1) is 17.8 Å². The molecule has 5 nitrogen and oxygen atoms in total. The number of fused-ring (bicyclic) bond motifs is 3. The molecule has 4 rings (SSSR count). The first-order chi connectivity index (χ1) is 15.1. The molecule has 1 aliphatic carbocycles. The van der Waals surface area contributed by atoms with Crippen LogP contribution >= 0.6 is 11.8 Å². The molecule has 1 heterocycles. The highest BCUT2D eigenvalue weighted by Crippen LogP contribution is 2.44. The second-order valence-electron chi connectivity index (χ2n) is 8.25. The molecule has 0 saturated carbocycles. The lowest BCUT2D eigenvalue weighted by Gasteiger charge is -2.28. The van der Waals surface area contributed by atoms with Crippen LogP contribution in [0.3, 0.4) is 0 Å². The third-order valence-electron chi connectivity index (χ3n) is 6.20. The molecule has 2 atom stereocenters. The maximum atomic E-state index is 13.2. The van der Waals surface area contributed by atoms with E-state index in [0.717, 1.165) is 25.7 Å². The Morgan fingerprint density at radius 1 is 1.06 bits per heavy atom. The Balaban J connectivity index is 1.49. The maximum Gasteiger partial charge on any atom is 0.410 e. The number of aliphatic carboxylic acids is 1. The highest BCUT2D eigenvalue weighted by molar-refractivity contribution is 8.00. The van der Waals surface area contributed by atoms with E-state index in [4.69, 9.17) is 4.74 Å². The number of hydrogen-bond acceptors (Lipinski definition) is 4. The summed E-state index contributed by atoms with van der Waals surface area (Å²) >= 11 is 1.68. The normalized spacial score (nSPS) is 19.8. The van der Waals surface area contributed by atoms with Crippen LogP contribution in [0.2, 0.25) is 0 Å². The Kier molecular flexibility index (Phi) is 6.86. The van der Waals surface area contributed by atoms with Crippen molar-refractivity contribution in [1.82, 2.24) is 4.90 Å². The standard InChI is InChI=1S/C25H29NO4S/c1-2-3-4-13-23-26(17(16-31-23)14-24(27)28)25(29)30-15-22-20-11-7-5-9-18(20)19-10-6-8-12-21(19)22/h5-12,17,22-23H,2-4,13-16H2,1H3,(H,27,28).